The van der Waals surface area contributed by atoms with Crippen molar-refractivity contribution in [3.8, 4) is 5.75 Å². The Morgan fingerprint density at radius 2 is 1.79 bits per heavy atom. The van der Waals surface area contributed by atoms with Crippen molar-refractivity contribution in [3.05, 3.63) is 47.5 Å². The first-order valence-electron chi connectivity index (χ1n) is 9.17. The van der Waals surface area contributed by atoms with Gasteiger partial charge in [0.1, 0.15) is 11.3 Å². The number of fused-ring (bicyclic) bond motifs is 1. The molecular weight excluding hydrogens is 410 g/mol. The van der Waals surface area contributed by atoms with Crippen molar-refractivity contribution in [2.45, 2.75) is 25.7 Å². The quantitative estimate of drug-likeness (QED) is 0.611. The summed E-state index contributed by atoms with van der Waals surface area (Å²) >= 11 is 1.37. The molecule has 154 valence electrons. The zero-order valence-electron chi connectivity index (χ0n) is 16.7. The number of methoxy groups -OCH3 is 1. The number of nitrogens with zero attached hydrogens (tertiary/aromatic N) is 2. The minimum Gasteiger partial charge on any atom is -0.494 e. The van der Waals surface area contributed by atoms with E-state index in [1.54, 1.807) is 21.0 Å². The summed E-state index contributed by atoms with van der Waals surface area (Å²) in [4.78, 5) is 17.2. The van der Waals surface area contributed by atoms with Gasteiger partial charge in [-0.2, -0.15) is 4.31 Å². The summed E-state index contributed by atoms with van der Waals surface area (Å²) in [5, 5.41) is 3.24. The molecule has 0 saturated carbocycles. The van der Waals surface area contributed by atoms with Crippen LogP contribution in [0.2, 0.25) is 0 Å². The van der Waals surface area contributed by atoms with E-state index in [-0.39, 0.29) is 10.8 Å². The van der Waals surface area contributed by atoms with Gasteiger partial charge in [-0.25, -0.2) is 13.4 Å². The van der Waals surface area contributed by atoms with E-state index < -0.39 is 10.0 Å². The van der Waals surface area contributed by atoms with E-state index in [2.05, 4.69) is 10.3 Å². The molecule has 3 rings (SSSR count). The maximum Gasteiger partial charge on any atom is 0.257 e. The van der Waals surface area contributed by atoms with Crippen LogP contribution in [0.1, 0.15) is 29.8 Å². The Bertz CT molecular complexity index is 1130. The third kappa shape index (κ3) is 4.12. The zero-order chi connectivity index (χ0) is 21.2. The number of hydrogen-bond donors (Lipinski definition) is 1. The molecule has 9 heteroatoms. The fourth-order valence-corrected chi connectivity index (χ4v) is 5.39. The Balaban J connectivity index is 1.83. The van der Waals surface area contributed by atoms with Crippen LogP contribution < -0.4 is 10.1 Å². The van der Waals surface area contributed by atoms with Gasteiger partial charge in [-0.3, -0.25) is 10.1 Å². The number of sulfonamides is 1. The summed E-state index contributed by atoms with van der Waals surface area (Å²) in [5.74, 6) is 0.292. The van der Waals surface area contributed by atoms with Crippen molar-refractivity contribution in [3.63, 3.8) is 0 Å². The number of thiazole rings is 1. The van der Waals surface area contributed by atoms with E-state index in [4.69, 9.17) is 4.74 Å². The van der Waals surface area contributed by atoms with Crippen molar-refractivity contribution in [1.82, 2.24) is 9.29 Å². The highest BCUT2D eigenvalue weighted by Crippen LogP contribution is 2.34. The number of carbonyl (C=O) groups excluding carboxylic acids is 1. The standard InChI is InChI=1S/C20H23N3O4S2/c1-5-23(6-2)29(25,26)15-10-8-14(9-11-15)19(24)22-20-21-17-16(27-4)12-7-13(3)18(17)28-20/h7-12H,5-6H2,1-4H3,(H,21,22,24). The lowest BCUT2D eigenvalue weighted by Crippen LogP contribution is -2.30. The average Bonchev–Trinajstić information content (AvgIpc) is 3.13. The Morgan fingerprint density at radius 3 is 2.38 bits per heavy atom. The summed E-state index contributed by atoms with van der Waals surface area (Å²) in [7, 11) is -1.98. The van der Waals surface area contributed by atoms with Crippen LogP contribution in [0.5, 0.6) is 5.75 Å². The molecule has 0 aliphatic rings. The molecular formula is C20H23N3O4S2. The minimum absolute atomic E-state index is 0.165. The molecule has 0 unspecified atom stereocenters. The number of rotatable bonds is 7. The fraction of sp³-hybridized carbons (Fsp3) is 0.300. The van der Waals surface area contributed by atoms with Crippen LogP contribution in [-0.4, -0.2) is 43.8 Å². The number of anilines is 1. The number of nitrogens with one attached hydrogen (secondary N) is 1. The van der Waals surface area contributed by atoms with Crippen molar-refractivity contribution in [1.29, 1.82) is 0 Å². The van der Waals surface area contributed by atoms with Crippen LogP contribution in [0.4, 0.5) is 5.13 Å². The van der Waals surface area contributed by atoms with Crippen molar-refractivity contribution < 1.29 is 17.9 Å². The maximum absolute atomic E-state index is 12.6. The van der Waals surface area contributed by atoms with Gasteiger partial charge in [-0.1, -0.05) is 31.3 Å². The third-order valence-electron chi connectivity index (χ3n) is 4.60. The van der Waals surface area contributed by atoms with Gasteiger partial charge in [0.05, 0.1) is 16.7 Å². The van der Waals surface area contributed by atoms with Crippen molar-refractivity contribution in [2.75, 3.05) is 25.5 Å². The first-order chi connectivity index (χ1) is 13.8. The fourth-order valence-electron chi connectivity index (χ4n) is 2.99. The molecule has 0 fully saturated rings. The first-order valence-corrected chi connectivity index (χ1v) is 11.4. The van der Waals surface area contributed by atoms with Gasteiger partial charge < -0.3 is 4.74 Å². The highest BCUT2D eigenvalue weighted by Gasteiger charge is 2.22. The van der Waals surface area contributed by atoms with Gasteiger partial charge in [-0.05, 0) is 42.8 Å². The van der Waals surface area contributed by atoms with E-state index in [0.717, 1.165) is 10.3 Å². The van der Waals surface area contributed by atoms with Crippen LogP contribution in [0, 0.1) is 6.92 Å². The van der Waals surface area contributed by atoms with E-state index in [1.807, 2.05) is 19.1 Å². The molecule has 0 bridgehead atoms. The van der Waals surface area contributed by atoms with Gasteiger partial charge in [0.15, 0.2) is 5.13 Å². The Hall–Kier alpha value is -2.49. The summed E-state index contributed by atoms with van der Waals surface area (Å²) < 4.78 is 32.8. The van der Waals surface area contributed by atoms with Crippen LogP contribution in [-0.2, 0) is 10.0 Å². The predicted molar refractivity (Wildman–Crippen MR) is 115 cm³/mol. The number of ether oxygens (including phenoxy) is 1. The molecule has 0 spiro atoms. The second kappa shape index (κ2) is 8.48. The number of carbonyl (C=O) groups is 1. The molecule has 0 aliphatic carbocycles. The molecule has 7 nitrogen and oxygen atoms in total. The number of amides is 1. The van der Waals surface area contributed by atoms with Crippen molar-refractivity contribution in [2.24, 2.45) is 0 Å². The third-order valence-corrected chi connectivity index (χ3v) is 7.77. The zero-order valence-corrected chi connectivity index (χ0v) is 18.4. The van der Waals surface area contributed by atoms with Gasteiger partial charge in [0.2, 0.25) is 10.0 Å². The number of aryl methyl sites for hydroxylation is 1. The van der Waals surface area contributed by atoms with Gasteiger partial charge in [0, 0.05) is 18.7 Å². The van der Waals surface area contributed by atoms with E-state index in [1.165, 1.54) is 39.9 Å². The number of aromatic nitrogens is 1. The van der Waals surface area contributed by atoms with Crippen LogP contribution >= 0.6 is 11.3 Å². The first kappa shape index (κ1) is 21.2. The van der Waals surface area contributed by atoms with E-state index >= 15 is 0 Å². The number of benzene rings is 2. The molecule has 0 radical (unpaired) electrons. The van der Waals surface area contributed by atoms with Crippen molar-refractivity contribution >= 4 is 42.6 Å². The molecule has 0 aliphatic heterocycles. The highest BCUT2D eigenvalue weighted by molar-refractivity contribution is 7.89. The Labute approximate surface area is 174 Å². The smallest absolute Gasteiger partial charge is 0.257 e. The SMILES string of the molecule is CCN(CC)S(=O)(=O)c1ccc(C(=O)Nc2nc3c(OC)ccc(C)c3s2)cc1. The molecule has 0 atom stereocenters. The normalized spacial score (nSPS) is 11.8. The average molecular weight is 434 g/mol. The summed E-state index contributed by atoms with van der Waals surface area (Å²) in [5.41, 5.74) is 2.10. The lowest BCUT2D eigenvalue weighted by molar-refractivity contribution is 0.102. The van der Waals surface area contributed by atoms with Crippen LogP contribution in [0.25, 0.3) is 10.2 Å². The monoisotopic (exact) mass is 433 g/mol. The van der Waals surface area contributed by atoms with E-state index in [9.17, 15) is 13.2 Å². The lowest BCUT2D eigenvalue weighted by atomic mass is 10.2. The minimum atomic E-state index is -3.55. The molecule has 1 amide bonds. The Morgan fingerprint density at radius 1 is 1.14 bits per heavy atom. The van der Waals surface area contributed by atoms with E-state index in [0.29, 0.717) is 35.1 Å². The molecule has 1 aromatic heterocycles. The summed E-state index contributed by atoms with van der Waals surface area (Å²) in [6.07, 6.45) is 0. The summed E-state index contributed by atoms with van der Waals surface area (Å²) in [6, 6.07) is 9.70. The van der Waals surface area contributed by atoms with Gasteiger partial charge in [-0.15, -0.1) is 0 Å². The highest BCUT2D eigenvalue weighted by atomic mass is 32.2. The van der Waals surface area contributed by atoms with Gasteiger partial charge in [0.25, 0.3) is 5.91 Å². The topological polar surface area (TPSA) is 88.6 Å². The molecule has 3 aromatic rings. The second-order valence-electron chi connectivity index (χ2n) is 6.35. The molecule has 1 heterocycles. The maximum atomic E-state index is 12.6. The van der Waals surface area contributed by atoms with Gasteiger partial charge >= 0.3 is 0 Å². The predicted octanol–water partition coefficient (Wildman–Crippen LogP) is 3.90. The molecule has 29 heavy (non-hydrogen) atoms. The Kier molecular flexibility index (Phi) is 6.21. The molecule has 1 N–H and O–H groups in total. The molecule has 0 saturated heterocycles. The summed E-state index contributed by atoms with van der Waals surface area (Å²) in [6.45, 7) is 6.33. The largest absolute Gasteiger partial charge is 0.494 e. The van der Waals surface area contributed by atoms with Crippen LogP contribution in [0.15, 0.2) is 41.3 Å². The second-order valence-corrected chi connectivity index (χ2v) is 9.29. The lowest BCUT2D eigenvalue weighted by Gasteiger charge is -2.18. The number of hydrogen-bond acceptors (Lipinski definition) is 6. The van der Waals surface area contributed by atoms with Crippen LogP contribution in [0.3, 0.4) is 0 Å². The molecule has 2 aromatic carbocycles.